The molecule has 1 aromatic heterocycles. The van der Waals surface area contributed by atoms with Gasteiger partial charge in [0.2, 0.25) is 5.91 Å². The predicted molar refractivity (Wildman–Crippen MR) is 112 cm³/mol. The van der Waals surface area contributed by atoms with Gasteiger partial charge in [0, 0.05) is 19.3 Å². The van der Waals surface area contributed by atoms with Crippen LogP contribution in [-0.2, 0) is 24.9 Å². The van der Waals surface area contributed by atoms with Crippen LogP contribution >= 0.6 is 11.8 Å². The quantitative estimate of drug-likeness (QED) is 0.558. The highest BCUT2D eigenvalue weighted by Gasteiger charge is 2.24. The first-order valence-electron chi connectivity index (χ1n) is 9.32. The number of ether oxygens (including phenoxy) is 2. The molecule has 1 aliphatic rings. The minimum absolute atomic E-state index is 0.0785. The summed E-state index contributed by atoms with van der Waals surface area (Å²) in [6.45, 7) is 0.993. The molecule has 0 saturated carbocycles. The normalized spacial score (nSPS) is 12.7. The number of amides is 1. The van der Waals surface area contributed by atoms with E-state index in [0.29, 0.717) is 28.2 Å². The number of hydrogen-bond donors (Lipinski definition) is 0. The van der Waals surface area contributed by atoms with Gasteiger partial charge in [-0.05, 0) is 30.2 Å². The molecule has 0 fully saturated rings. The van der Waals surface area contributed by atoms with Gasteiger partial charge in [-0.1, -0.05) is 42.1 Å². The number of nitrogens with zero attached hydrogens (tertiary/aromatic N) is 4. The van der Waals surface area contributed by atoms with Crippen molar-refractivity contribution in [1.82, 2.24) is 14.8 Å². The Morgan fingerprint density at radius 3 is 2.69 bits per heavy atom. The van der Waals surface area contributed by atoms with Gasteiger partial charge >= 0.3 is 0 Å². The van der Waals surface area contributed by atoms with Crippen LogP contribution in [0.15, 0.2) is 53.7 Å². The number of methoxy groups -OCH3 is 1. The Balaban J connectivity index is 1.36. The largest absolute Gasteiger partial charge is 0.493 e. The number of benzene rings is 2. The number of carbonyl (C=O) groups excluding carboxylic acids is 1. The molecule has 1 aliphatic heterocycles. The van der Waals surface area contributed by atoms with E-state index in [9.17, 15) is 4.79 Å². The number of hydrogen-bond acceptors (Lipinski definition) is 6. The second-order valence-corrected chi connectivity index (χ2v) is 7.55. The summed E-state index contributed by atoms with van der Waals surface area (Å²) in [5.74, 6) is 2.39. The molecule has 0 spiro atoms. The molecule has 0 bridgehead atoms. The van der Waals surface area contributed by atoms with Gasteiger partial charge in [0.1, 0.15) is 6.61 Å². The second kappa shape index (κ2) is 8.57. The van der Waals surface area contributed by atoms with Crippen LogP contribution in [0.3, 0.4) is 0 Å². The Kier molecular flexibility index (Phi) is 5.71. The van der Waals surface area contributed by atoms with Gasteiger partial charge in [0.15, 0.2) is 22.5 Å². The molecule has 150 valence electrons. The molecule has 4 rings (SSSR count). The summed E-state index contributed by atoms with van der Waals surface area (Å²) in [5, 5.41) is 9.09. The summed E-state index contributed by atoms with van der Waals surface area (Å²) < 4.78 is 13.0. The van der Waals surface area contributed by atoms with E-state index in [4.69, 9.17) is 9.47 Å². The third-order valence-electron chi connectivity index (χ3n) is 4.86. The highest BCUT2D eigenvalue weighted by molar-refractivity contribution is 7.99. The third-order valence-corrected chi connectivity index (χ3v) is 5.87. The maximum absolute atomic E-state index is 12.7. The van der Waals surface area contributed by atoms with Crippen LogP contribution in [0.2, 0.25) is 0 Å². The van der Waals surface area contributed by atoms with Crippen LogP contribution in [0.25, 0.3) is 0 Å². The predicted octanol–water partition coefficient (Wildman–Crippen LogP) is 3.08. The molecular formula is C21H22N4O3S. The topological polar surface area (TPSA) is 69.5 Å². The van der Waals surface area contributed by atoms with Gasteiger partial charge < -0.3 is 18.9 Å². The Morgan fingerprint density at radius 2 is 1.86 bits per heavy atom. The molecule has 1 amide bonds. The summed E-state index contributed by atoms with van der Waals surface area (Å²) in [6.07, 6.45) is 0.904. The minimum Gasteiger partial charge on any atom is -0.493 e. The number of thioether (sulfide) groups is 1. The molecule has 3 aromatic rings. The molecule has 0 saturated heterocycles. The van der Waals surface area contributed by atoms with Crippen LogP contribution in [0, 0.1) is 0 Å². The average Bonchev–Trinajstić information content (AvgIpc) is 3.34. The van der Waals surface area contributed by atoms with Gasteiger partial charge in [-0.25, -0.2) is 0 Å². The zero-order valence-corrected chi connectivity index (χ0v) is 17.2. The van der Waals surface area contributed by atoms with E-state index in [1.54, 1.807) is 7.11 Å². The number of anilines is 1. The lowest BCUT2D eigenvalue weighted by Crippen LogP contribution is -2.30. The molecule has 0 radical (unpaired) electrons. The van der Waals surface area contributed by atoms with E-state index < -0.39 is 0 Å². The first-order valence-corrected chi connectivity index (χ1v) is 10.3. The summed E-state index contributed by atoms with van der Waals surface area (Å²) in [6, 6.07) is 15.5. The van der Waals surface area contributed by atoms with Crippen LogP contribution in [0.5, 0.6) is 11.5 Å². The number of rotatable bonds is 7. The van der Waals surface area contributed by atoms with Crippen molar-refractivity contribution in [2.75, 3.05) is 24.3 Å². The van der Waals surface area contributed by atoms with Crippen molar-refractivity contribution in [3.63, 3.8) is 0 Å². The monoisotopic (exact) mass is 410 g/mol. The van der Waals surface area contributed by atoms with E-state index >= 15 is 0 Å². The van der Waals surface area contributed by atoms with E-state index in [1.165, 1.54) is 17.3 Å². The Labute approximate surface area is 173 Å². The number of aromatic nitrogens is 3. The first kappa shape index (κ1) is 19.3. The van der Waals surface area contributed by atoms with Crippen LogP contribution in [0.4, 0.5) is 5.69 Å². The Morgan fingerprint density at radius 1 is 1.10 bits per heavy atom. The third kappa shape index (κ3) is 4.07. The highest BCUT2D eigenvalue weighted by atomic mass is 32.2. The number of carbonyl (C=O) groups is 1. The lowest BCUT2D eigenvalue weighted by Gasteiger charge is -2.16. The zero-order valence-electron chi connectivity index (χ0n) is 16.4. The van der Waals surface area contributed by atoms with Gasteiger partial charge in [-0.3, -0.25) is 4.79 Å². The first-order chi connectivity index (χ1) is 14.2. The summed E-state index contributed by atoms with van der Waals surface area (Å²) in [5.41, 5.74) is 2.24. The van der Waals surface area contributed by atoms with Crippen molar-refractivity contribution < 1.29 is 14.3 Å². The Hall–Kier alpha value is -3.00. The smallest absolute Gasteiger partial charge is 0.237 e. The molecule has 0 atom stereocenters. The summed E-state index contributed by atoms with van der Waals surface area (Å²) in [4.78, 5) is 14.5. The average molecular weight is 410 g/mol. The number of para-hydroxylation sites is 3. The van der Waals surface area contributed by atoms with Crippen LogP contribution in [-0.4, -0.2) is 40.1 Å². The maximum atomic E-state index is 12.7. The van der Waals surface area contributed by atoms with Crippen molar-refractivity contribution in [2.45, 2.75) is 18.2 Å². The fourth-order valence-corrected chi connectivity index (χ4v) is 4.08. The summed E-state index contributed by atoms with van der Waals surface area (Å²) >= 11 is 1.38. The minimum atomic E-state index is 0.0785. The fourth-order valence-electron chi connectivity index (χ4n) is 3.28. The van der Waals surface area contributed by atoms with Crippen molar-refractivity contribution in [1.29, 1.82) is 0 Å². The van der Waals surface area contributed by atoms with Crippen molar-refractivity contribution in [3.8, 4) is 11.5 Å². The second-order valence-electron chi connectivity index (χ2n) is 6.61. The maximum Gasteiger partial charge on any atom is 0.237 e. The SMILES string of the molecule is COc1ccccc1OCc1nnc(SCC(=O)N2CCc3ccccc32)n1C. The molecule has 7 nitrogen and oxygen atoms in total. The van der Waals surface area contributed by atoms with Crippen molar-refractivity contribution in [2.24, 2.45) is 7.05 Å². The highest BCUT2D eigenvalue weighted by Crippen LogP contribution is 2.29. The van der Waals surface area contributed by atoms with E-state index in [-0.39, 0.29) is 12.5 Å². The molecule has 29 heavy (non-hydrogen) atoms. The van der Waals surface area contributed by atoms with E-state index in [1.807, 2.05) is 59.0 Å². The van der Waals surface area contributed by atoms with Gasteiger partial charge in [0.05, 0.1) is 12.9 Å². The van der Waals surface area contributed by atoms with Gasteiger partial charge in [-0.15, -0.1) is 10.2 Å². The van der Waals surface area contributed by atoms with Gasteiger partial charge in [0.25, 0.3) is 0 Å². The molecule has 0 unspecified atom stereocenters. The van der Waals surface area contributed by atoms with Crippen molar-refractivity contribution in [3.05, 3.63) is 59.9 Å². The van der Waals surface area contributed by atoms with E-state index in [0.717, 1.165) is 18.7 Å². The van der Waals surface area contributed by atoms with Crippen LogP contribution < -0.4 is 14.4 Å². The standard InChI is InChI=1S/C21H22N4O3S/c1-24-19(13-28-18-10-6-5-9-17(18)27-2)22-23-21(24)29-14-20(26)25-12-11-15-7-3-4-8-16(15)25/h3-10H,11-14H2,1-2H3. The van der Waals surface area contributed by atoms with Crippen LogP contribution in [0.1, 0.15) is 11.4 Å². The zero-order chi connectivity index (χ0) is 20.2. The molecule has 2 heterocycles. The van der Waals surface area contributed by atoms with E-state index in [2.05, 4.69) is 16.3 Å². The molecule has 2 aromatic carbocycles. The molecule has 8 heteroatoms. The fraction of sp³-hybridized carbons (Fsp3) is 0.286. The molecule has 0 aliphatic carbocycles. The lowest BCUT2D eigenvalue weighted by atomic mass is 10.2. The van der Waals surface area contributed by atoms with Crippen molar-refractivity contribution >= 4 is 23.4 Å². The molecule has 0 N–H and O–H groups in total. The Bertz CT molecular complexity index is 1020. The molecular weight excluding hydrogens is 388 g/mol. The van der Waals surface area contributed by atoms with Gasteiger partial charge in [-0.2, -0.15) is 0 Å². The number of fused-ring (bicyclic) bond motifs is 1. The lowest BCUT2D eigenvalue weighted by molar-refractivity contribution is -0.116. The summed E-state index contributed by atoms with van der Waals surface area (Å²) in [7, 11) is 3.48.